The fraction of sp³-hybridized carbons (Fsp3) is 0.310. The van der Waals surface area contributed by atoms with Gasteiger partial charge in [0.2, 0.25) is 5.95 Å². The van der Waals surface area contributed by atoms with Crippen LogP contribution in [0.25, 0.3) is 16.8 Å². The molecule has 1 N–H and O–H groups in total. The number of amides is 1. The summed E-state index contributed by atoms with van der Waals surface area (Å²) in [5.41, 5.74) is 7.53. The van der Waals surface area contributed by atoms with Crippen LogP contribution in [0.5, 0.6) is 0 Å². The number of rotatable bonds is 5. The molecule has 1 atom stereocenters. The summed E-state index contributed by atoms with van der Waals surface area (Å²) in [6, 6.07) is 14.2. The molecule has 0 saturated carbocycles. The largest absolute Gasteiger partial charge is 0.351 e. The number of nitrogens with zero attached hydrogens (tertiary/aromatic N) is 6. The number of benzene rings is 2. The van der Waals surface area contributed by atoms with Gasteiger partial charge in [-0.05, 0) is 66.0 Å². The first kappa shape index (κ1) is 24.5. The van der Waals surface area contributed by atoms with Crippen LogP contribution in [0.2, 0.25) is 0 Å². The van der Waals surface area contributed by atoms with Crippen LogP contribution in [0, 0.1) is 11.3 Å². The Morgan fingerprint density at radius 1 is 1.11 bits per heavy atom. The molecule has 192 valence electrons. The summed E-state index contributed by atoms with van der Waals surface area (Å²) in [4.78, 5) is 26.4. The Morgan fingerprint density at radius 3 is 2.66 bits per heavy atom. The number of carbonyl (C=O) groups is 1. The van der Waals surface area contributed by atoms with Gasteiger partial charge in [-0.2, -0.15) is 5.26 Å². The van der Waals surface area contributed by atoms with E-state index in [-0.39, 0.29) is 5.91 Å². The zero-order chi connectivity index (χ0) is 26.2. The van der Waals surface area contributed by atoms with E-state index in [4.69, 9.17) is 4.98 Å². The molecule has 38 heavy (non-hydrogen) atoms. The lowest BCUT2D eigenvalue weighted by Crippen LogP contribution is -2.47. The molecule has 3 heterocycles. The van der Waals surface area contributed by atoms with Crippen molar-refractivity contribution in [3.63, 3.8) is 0 Å². The molecule has 9 heteroatoms. The Balaban J connectivity index is 1.28. The minimum absolute atomic E-state index is 0.0564. The van der Waals surface area contributed by atoms with Crippen molar-refractivity contribution in [2.45, 2.75) is 25.8 Å². The number of imidazole rings is 1. The van der Waals surface area contributed by atoms with Crippen LogP contribution in [0.1, 0.15) is 39.2 Å². The van der Waals surface area contributed by atoms with Gasteiger partial charge in [0.05, 0.1) is 6.20 Å². The highest BCUT2D eigenvalue weighted by atomic mass is 31.0. The molecule has 1 amide bonds. The maximum absolute atomic E-state index is 13.0. The van der Waals surface area contributed by atoms with Gasteiger partial charge >= 0.3 is 0 Å². The van der Waals surface area contributed by atoms with Crippen LogP contribution in [-0.4, -0.2) is 63.3 Å². The number of carbonyl (C=O) groups excluding carboxylic acids is 1. The predicted octanol–water partition coefficient (Wildman–Crippen LogP) is 3.26. The summed E-state index contributed by atoms with van der Waals surface area (Å²) in [5, 5.41) is 14.2. The van der Waals surface area contributed by atoms with Gasteiger partial charge in [-0.3, -0.25) is 9.20 Å². The predicted molar refractivity (Wildman–Crippen MR) is 152 cm³/mol. The van der Waals surface area contributed by atoms with E-state index in [1.165, 1.54) is 28.4 Å². The molecule has 0 bridgehead atoms. The molecular formula is C29H30N7OP. The summed E-state index contributed by atoms with van der Waals surface area (Å²) in [6.07, 6.45) is 6.95. The highest BCUT2D eigenvalue weighted by Gasteiger charge is 2.21. The highest BCUT2D eigenvalue weighted by molar-refractivity contribution is 7.27. The van der Waals surface area contributed by atoms with Crippen LogP contribution in [0.4, 0.5) is 5.95 Å². The Labute approximate surface area is 224 Å². The van der Waals surface area contributed by atoms with Crippen molar-refractivity contribution in [1.29, 1.82) is 5.26 Å². The normalized spacial score (nSPS) is 15.4. The molecule has 1 unspecified atom stereocenters. The molecule has 0 radical (unpaired) electrons. The van der Waals surface area contributed by atoms with Crippen LogP contribution < -0.4 is 10.6 Å². The lowest BCUT2D eigenvalue weighted by Gasteiger charge is -2.32. The third-order valence-corrected chi connectivity index (χ3v) is 8.24. The minimum Gasteiger partial charge on any atom is -0.351 e. The van der Waals surface area contributed by atoms with Crippen molar-refractivity contribution < 1.29 is 4.79 Å². The van der Waals surface area contributed by atoms with E-state index in [9.17, 15) is 10.1 Å². The molecule has 0 spiro atoms. The van der Waals surface area contributed by atoms with E-state index in [1.54, 1.807) is 12.4 Å². The molecule has 1 fully saturated rings. The number of anilines is 1. The number of nitriles is 1. The number of likely N-dealkylation sites (N-methyl/N-ethyl adjacent to an activating group) is 1. The minimum atomic E-state index is 0.0564. The van der Waals surface area contributed by atoms with Gasteiger partial charge < -0.3 is 15.1 Å². The molecule has 6 rings (SSSR count). The molecule has 2 aromatic carbocycles. The van der Waals surface area contributed by atoms with Crippen molar-refractivity contribution in [3.8, 4) is 17.2 Å². The first-order valence-electron chi connectivity index (χ1n) is 13.0. The second-order valence-electron chi connectivity index (χ2n) is 10.1. The number of aryl methyl sites for hydroxylation is 1. The van der Waals surface area contributed by atoms with Gasteiger partial charge in [-0.15, -0.1) is 9.24 Å². The summed E-state index contributed by atoms with van der Waals surface area (Å²) in [5.74, 6) is 0.695. The molecule has 1 aliphatic carbocycles. The molecule has 8 nitrogen and oxygen atoms in total. The molecule has 4 aromatic rings. The molecule has 2 aliphatic rings. The SMILES string of the molecule is CN1CCN(C(=O)c2ccc(-c3cnc(NCc4c(P)ccc5c4CCC5)n4cc(C#N)nc34)cc2)CC1. The Kier molecular flexibility index (Phi) is 6.57. The van der Waals surface area contributed by atoms with Crippen molar-refractivity contribution in [2.75, 3.05) is 38.5 Å². The van der Waals surface area contributed by atoms with E-state index >= 15 is 0 Å². The third-order valence-electron chi connectivity index (χ3n) is 7.70. The second-order valence-corrected chi connectivity index (χ2v) is 10.7. The Bertz CT molecular complexity index is 1560. The summed E-state index contributed by atoms with van der Waals surface area (Å²) in [6.45, 7) is 3.91. The first-order chi connectivity index (χ1) is 18.5. The summed E-state index contributed by atoms with van der Waals surface area (Å²) < 4.78 is 1.85. The number of fused-ring (bicyclic) bond motifs is 2. The van der Waals surface area contributed by atoms with Crippen molar-refractivity contribution in [1.82, 2.24) is 24.2 Å². The summed E-state index contributed by atoms with van der Waals surface area (Å²) in [7, 11) is 4.93. The van der Waals surface area contributed by atoms with E-state index < -0.39 is 0 Å². The van der Waals surface area contributed by atoms with E-state index in [0.29, 0.717) is 29.4 Å². The highest BCUT2D eigenvalue weighted by Crippen LogP contribution is 2.28. The summed E-state index contributed by atoms with van der Waals surface area (Å²) >= 11 is 0. The van der Waals surface area contributed by atoms with Gasteiger partial charge in [-0.25, -0.2) is 9.97 Å². The third kappa shape index (κ3) is 4.53. The smallest absolute Gasteiger partial charge is 0.253 e. The van der Waals surface area contributed by atoms with Crippen LogP contribution >= 0.6 is 9.24 Å². The molecule has 1 aliphatic heterocycles. The average Bonchev–Trinajstić information content (AvgIpc) is 3.60. The van der Waals surface area contributed by atoms with Gasteiger partial charge in [-0.1, -0.05) is 24.3 Å². The standard InChI is InChI=1S/C29H30N7OP/c1-34-11-13-35(14-12-34)28(37)21-7-5-20(6-8-21)24-16-31-29(36-18-22(15-30)33-27(24)36)32-17-25-23-4-2-3-19(23)9-10-26(25)38/h5-10,16,18H,2-4,11-14,17,38H2,1H3,(H,31,32). The molecule has 2 aromatic heterocycles. The van der Waals surface area contributed by atoms with Crippen LogP contribution in [0.3, 0.4) is 0 Å². The molecule has 1 saturated heterocycles. The van der Waals surface area contributed by atoms with Crippen LogP contribution in [0.15, 0.2) is 48.8 Å². The monoisotopic (exact) mass is 523 g/mol. The quantitative estimate of drug-likeness (QED) is 0.404. The van der Waals surface area contributed by atoms with Crippen molar-refractivity contribution in [3.05, 3.63) is 76.7 Å². The number of hydrogen-bond acceptors (Lipinski definition) is 6. The topological polar surface area (TPSA) is 89.6 Å². The van der Waals surface area contributed by atoms with E-state index in [1.807, 2.05) is 33.6 Å². The number of hydrogen-bond donors (Lipinski definition) is 1. The fourth-order valence-electron chi connectivity index (χ4n) is 5.49. The Hall–Kier alpha value is -3.79. The van der Waals surface area contributed by atoms with E-state index in [2.05, 4.69) is 49.7 Å². The lowest BCUT2D eigenvalue weighted by molar-refractivity contribution is 0.0664. The second kappa shape index (κ2) is 10.2. The number of piperazine rings is 1. The zero-order valence-electron chi connectivity index (χ0n) is 21.4. The number of nitrogens with one attached hydrogen (secondary N) is 1. The lowest BCUT2D eigenvalue weighted by atomic mass is 10.0. The zero-order valence-corrected chi connectivity index (χ0v) is 22.6. The van der Waals surface area contributed by atoms with Gasteiger partial charge in [0, 0.05) is 50.0 Å². The van der Waals surface area contributed by atoms with Crippen LogP contribution in [-0.2, 0) is 19.4 Å². The molecular weight excluding hydrogens is 493 g/mol. The average molecular weight is 524 g/mol. The van der Waals surface area contributed by atoms with Gasteiger partial charge in [0.15, 0.2) is 11.3 Å². The van der Waals surface area contributed by atoms with Crippen molar-refractivity contribution >= 4 is 32.0 Å². The maximum atomic E-state index is 13.0. The Morgan fingerprint density at radius 2 is 1.89 bits per heavy atom. The van der Waals surface area contributed by atoms with Gasteiger partial charge in [0.1, 0.15) is 6.07 Å². The maximum Gasteiger partial charge on any atom is 0.253 e. The number of aromatic nitrogens is 3. The first-order valence-corrected chi connectivity index (χ1v) is 13.6. The fourth-order valence-corrected chi connectivity index (χ4v) is 5.86. The van der Waals surface area contributed by atoms with Crippen molar-refractivity contribution in [2.24, 2.45) is 0 Å². The van der Waals surface area contributed by atoms with Gasteiger partial charge in [0.25, 0.3) is 5.91 Å². The van der Waals surface area contributed by atoms with E-state index in [0.717, 1.165) is 50.1 Å².